The molecule has 0 fully saturated rings. The number of ether oxygens (including phenoxy) is 2. The first-order chi connectivity index (χ1) is 14.2. The maximum atomic E-state index is 12.7. The van der Waals surface area contributed by atoms with Crippen LogP contribution >= 0.6 is 11.9 Å². The molecular formula is C22H26N4O3S. The molecule has 0 aliphatic rings. The van der Waals surface area contributed by atoms with Gasteiger partial charge < -0.3 is 9.47 Å². The van der Waals surface area contributed by atoms with E-state index in [1.165, 1.54) is 17.5 Å². The Bertz CT molecular complexity index is 1040. The Labute approximate surface area is 180 Å². The van der Waals surface area contributed by atoms with Crippen LogP contribution in [0.3, 0.4) is 0 Å². The summed E-state index contributed by atoms with van der Waals surface area (Å²) in [7, 11) is 3.16. The highest BCUT2D eigenvalue weighted by atomic mass is 32.2. The lowest BCUT2D eigenvalue weighted by Crippen LogP contribution is -2.17. The zero-order valence-electron chi connectivity index (χ0n) is 18.0. The van der Waals surface area contributed by atoms with E-state index in [0.717, 1.165) is 4.90 Å². The second kappa shape index (κ2) is 8.79. The van der Waals surface area contributed by atoms with Gasteiger partial charge in [0.15, 0.2) is 5.69 Å². The fraction of sp³-hybridized carbons (Fsp3) is 0.318. The average molecular weight is 427 g/mol. The third kappa shape index (κ3) is 4.59. The Kier molecular flexibility index (Phi) is 6.36. The molecule has 1 N–H and O–H groups in total. The summed E-state index contributed by atoms with van der Waals surface area (Å²) >= 11 is 1.25. The van der Waals surface area contributed by atoms with Crippen LogP contribution in [0.5, 0.6) is 11.5 Å². The summed E-state index contributed by atoms with van der Waals surface area (Å²) in [6.07, 6.45) is 0. The molecule has 0 saturated heterocycles. The summed E-state index contributed by atoms with van der Waals surface area (Å²) in [5, 5.41) is 8.22. The zero-order valence-corrected chi connectivity index (χ0v) is 18.8. The number of aromatic nitrogens is 3. The van der Waals surface area contributed by atoms with Crippen molar-refractivity contribution in [2.45, 2.75) is 38.0 Å². The fourth-order valence-electron chi connectivity index (χ4n) is 2.91. The largest absolute Gasteiger partial charge is 0.497 e. The van der Waals surface area contributed by atoms with E-state index in [9.17, 15) is 4.79 Å². The second-order valence-corrected chi connectivity index (χ2v) is 8.66. The number of rotatable bonds is 6. The lowest BCUT2D eigenvalue weighted by molar-refractivity contribution is 0.0979. The SMILES string of the molecule is COc1ccc(OC)c(-n2nnc(C(=O)NSc3ccc(C(C)(C)C)cc3)c2C)c1. The molecule has 0 spiro atoms. The van der Waals surface area contributed by atoms with E-state index in [1.54, 1.807) is 44.0 Å². The summed E-state index contributed by atoms with van der Waals surface area (Å²) in [6, 6.07) is 13.5. The minimum absolute atomic E-state index is 0.0865. The van der Waals surface area contributed by atoms with Gasteiger partial charge in [-0.3, -0.25) is 9.52 Å². The van der Waals surface area contributed by atoms with Crippen molar-refractivity contribution in [3.05, 3.63) is 59.4 Å². The average Bonchev–Trinajstić information content (AvgIpc) is 3.12. The maximum absolute atomic E-state index is 12.7. The number of amides is 1. The van der Waals surface area contributed by atoms with E-state index in [0.29, 0.717) is 22.9 Å². The summed E-state index contributed by atoms with van der Waals surface area (Å²) in [4.78, 5) is 13.6. The third-order valence-corrected chi connectivity index (χ3v) is 5.50. The van der Waals surface area contributed by atoms with Crippen molar-refractivity contribution in [1.29, 1.82) is 0 Å². The Hall–Kier alpha value is -3.00. The number of benzene rings is 2. The molecular weight excluding hydrogens is 400 g/mol. The van der Waals surface area contributed by atoms with Gasteiger partial charge in [0.05, 0.1) is 19.9 Å². The smallest absolute Gasteiger partial charge is 0.283 e. The van der Waals surface area contributed by atoms with Gasteiger partial charge in [-0.1, -0.05) is 38.1 Å². The first-order valence-corrected chi connectivity index (χ1v) is 10.3. The van der Waals surface area contributed by atoms with Crippen LogP contribution in [-0.4, -0.2) is 35.1 Å². The highest BCUT2D eigenvalue weighted by Gasteiger charge is 2.20. The fourth-order valence-corrected chi connectivity index (χ4v) is 3.49. The van der Waals surface area contributed by atoms with Crippen LogP contribution in [0.15, 0.2) is 47.4 Å². The van der Waals surface area contributed by atoms with Crippen LogP contribution < -0.4 is 14.2 Å². The van der Waals surface area contributed by atoms with Gasteiger partial charge in [0, 0.05) is 11.0 Å². The number of nitrogens with zero attached hydrogens (tertiary/aromatic N) is 3. The summed E-state index contributed by atoms with van der Waals surface area (Å²) in [5.74, 6) is 0.940. The molecule has 8 heteroatoms. The van der Waals surface area contributed by atoms with Crippen LogP contribution in [0.1, 0.15) is 42.5 Å². The van der Waals surface area contributed by atoms with E-state index >= 15 is 0 Å². The normalized spacial score (nSPS) is 11.3. The van der Waals surface area contributed by atoms with Gasteiger partial charge in [-0.2, -0.15) is 0 Å². The van der Waals surface area contributed by atoms with Gasteiger partial charge in [0.2, 0.25) is 0 Å². The van der Waals surface area contributed by atoms with Crippen molar-refractivity contribution >= 4 is 17.9 Å². The third-order valence-electron chi connectivity index (χ3n) is 4.71. The minimum atomic E-state index is -0.314. The van der Waals surface area contributed by atoms with Crippen LogP contribution in [0.25, 0.3) is 5.69 Å². The lowest BCUT2D eigenvalue weighted by Gasteiger charge is -2.19. The summed E-state index contributed by atoms with van der Waals surface area (Å²) in [6.45, 7) is 8.29. The van der Waals surface area contributed by atoms with Crippen LogP contribution in [0.4, 0.5) is 0 Å². The summed E-state index contributed by atoms with van der Waals surface area (Å²) < 4.78 is 15.1. The van der Waals surface area contributed by atoms with Gasteiger partial charge in [0.25, 0.3) is 5.91 Å². The molecule has 0 saturated carbocycles. The molecule has 0 bridgehead atoms. The molecule has 158 valence electrons. The maximum Gasteiger partial charge on any atom is 0.283 e. The van der Waals surface area contributed by atoms with E-state index in [2.05, 4.69) is 47.9 Å². The number of hydrogen-bond donors (Lipinski definition) is 1. The molecule has 30 heavy (non-hydrogen) atoms. The number of nitrogens with one attached hydrogen (secondary N) is 1. The minimum Gasteiger partial charge on any atom is -0.497 e. The monoisotopic (exact) mass is 426 g/mol. The predicted molar refractivity (Wildman–Crippen MR) is 118 cm³/mol. The quantitative estimate of drug-likeness (QED) is 0.591. The van der Waals surface area contributed by atoms with Crippen LogP contribution in [0.2, 0.25) is 0 Å². The number of hydrogen-bond acceptors (Lipinski definition) is 6. The van der Waals surface area contributed by atoms with Crippen molar-refractivity contribution in [3.8, 4) is 17.2 Å². The molecule has 0 aliphatic carbocycles. The molecule has 3 aromatic rings. The van der Waals surface area contributed by atoms with Gasteiger partial charge in [-0.25, -0.2) is 4.68 Å². The van der Waals surface area contributed by atoms with Gasteiger partial charge in [0.1, 0.15) is 17.2 Å². The Balaban J connectivity index is 1.77. The van der Waals surface area contributed by atoms with Crippen molar-refractivity contribution in [3.63, 3.8) is 0 Å². The van der Waals surface area contributed by atoms with Crippen molar-refractivity contribution < 1.29 is 14.3 Å². The molecule has 1 amide bonds. The molecule has 3 rings (SSSR count). The number of carbonyl (C=O) groups excluding carboxylic acids is 1. The van der Waals surface area contributed by atoms with Crippen molar-refractivity contribution in [2.24, 2.45) is 0 Å². The van der Waals surface area contributed by atoms with Gasteiger partial charge in [-0.05, 0) is 54.1 Å². The Morgan fingerprint density at radius 3 is 2.37 bits per heavy atom. The highest BCUT2D eigenvalue weighted by Crippen LogP contribution is 2.29. The zero-order chi connectivity index (χ0) is 21.9. The van der Waals surface area contributed by atoms with E-state index in [4.69, 9.17) is 9.47 Å². The molecule has 2 aromatic carbocycles. The molecule has 7 nitrogen and oxygen atoms in total. The van der Waals surface area contributed by atoms with E-state index in [1.807, 2.05) is 12.1 Å². The molecule has 0 radical (unpaired) electrons. The molecule has 0 unspecified atom stereocenters. The standard InChI is InChI=1S/C22H26N4O3S/c1-14-20(21(27)24-30-17-10-7-15(8-11-17)22(2,3)4)23-25-26(14)18-13-16(28-5)9-12-19(18)29-6/h7-13H,1-6H3,(H,24,27). The highest BCUT2D eigenvalue weighted by molar-refractivity contribution is 7.98. The lowest BCUT2D eigenvalue weighted by atomic mass is 9.87. The van der Waals surface area contributed by atoms with Crippen LogP contribution in [-0.2, 0) is 5.41 Å². The Morgan fingerprint density at radius 2 is 1.77 bits per heavy atom. The van der Waals surface area contributed by atoms with Gasteiger partial charge in [-0.15, -0.1) is 5.10 Å². The topological polar surface area (TPSA) is 78.3 Å². The number of methoxy groups -OCH3 is 2. The molecule has 1 heterocycles. The van der Waals surface area contributed by atoms with Crippen LogP contribution in [0, 0.1) is 6.92 Å². The first kappa shape index (κ1) is 21.7. The molecule has 0 atom stereocenters. The van der Waals surface area contributed by atoms with E-state index < -0.39 is 0 Å². The van der Waals surface area contributed by atoms with E-state index in [-0.39, 0.29) is 17.0 Å². The Morgan fingerprint density at radius 1 is 1.07 bits per heavy atom. The second-order valence-electron chi connectivity index (χ2n) is 7.78. The molecule has 1 aromatic heterocycles. The first-order valence-electron chi connectivity index (χ1n) is 9.47. The van der Waals surface area contributed by atoms with Gasteiger partial charge >= 0.3 is 0 Å². The summed E-state index contributed by atoms with van der Waals surface area (Å²) in [5.41, 5.74) is 2.82. The van der Waals surface area contributed by atoms with Crippen molar-refractivity contribution in [1.82, 2.24) is 19.7 Å². The number of carbonyl (C=O) groups is 1. The van der Waals surface area contributed by atoms with Crippen molar-refractivity contribution in [2.75, 3.05) is 14.2 Å². The predicted octanol–water partition coefficient (Wildman–Crippen LogP) is 4.33. The molecule has 0 aliphatic heterocycles.